The van der Waals surface area contributed by atoms with E-state index >= 15 is 0 Å². The minimum absolute atomic E-state index is 0.0735. The second-order valence-corrected chi connectivity index (χ2v) is 9.34. The summed E-state index contributed by atoms with van der Waals surface area (Å²) in [5.74, 6) is 1.33. The summed E-state index contributed by atoms with van der Waals surface area (Å²) >= 11 is 0. The number of anilines is 1. The second kappa shape index (κ2) is 6.46. The van der Waals surface area contributed by atoms with Gasteiger partial charge in [0.1, 0.15) is 23.7 Å². The van der Waals surface area contributed by atoms with Crippen LogP contribution in [-0.4, -0.2) is 52.5 Å². The lowest BCUT2D eigenvalue weighted by molar-refractivity contribution is -0.154. The van der Waals surface area contributed by atoms with Crippen molar-refractivity contribution in [2.75, 3.05) is 19.0 Å². The number of hydrogen-bond donors (Lipinski definition) is 1. The van der Waals surface area contributed by atoms with Crippen LogP contribution >= 0.6 is 0 Å². The first kappa shape index (κ1) is 19.6. The van der Waals surface area contributed by atoms with Gasteiger partial charge in [-0.2, -0.15) is 0 Å². The number of hydrogen-bond acceptors (Lipinski definition) is 6. The van der Waals surface area contributed by atoms with Crippen LogP contribution in [0.3, 0.4) is 0 Å². The fraction of sp³-hybridized carbons (Fsp3) is 0.700. The van der Waals surface area contributed by atoms with E-state index in [1.807, 2.05) is 27.7 Å². The maximum absolute atomic E-state index is 13.5. The quantitative estimate of drug-likeness (QED) is 0.814. The zero-order valence-electron chi connectivity index (χ0n) is 17.2. The van der Waals surface area contributed by atoms with Gasteiger partial charge in [-0.1, -0.05) is 34.6 Å². The number of aryl methyl sites for hydroxylation is 1. The number of likely N-dealkylation sites (tertiary alicyclic amines) is 1. The third-order valence-electron chi connectivity index (χ3n) is 6.12. The standard InChI is InChI=1S/C20H30N4O3/c1-11-21-9-8-13(22-11)23-16(19(2,3)4)17(25)24-10-12-14(20(12,5)6)15(24)18(26)27-7/h8-9,12,14-16H,10H2,1-7H3,(H,21,22,23). The number of fused-ring (bicyclic) bond motifs is 1. The zero-order chi connectivity index (χ0) is 20.1. The summed E-state index contributed by atoms with van der Waals surface area (Å²) in [7, 11) is 1.39. The fourth-order valence-corrected chi connectivity index (χ4v) is 4.40. The third kappa shape index (κ3) is 3.39. The van der Waals surface area contributed by atoms with Gasteiger partial charge in [0.2, 0.25) is 5.91 Å². The first-order chi connectivity index (χ1) is 12.5. The molecule has 1 aromatic rings. The summed E-state index contributed by atoms with van der Waals surface area (Å²) in [6, 6.07) is 0.724. The van der Waals surface area contributed by atoms with Crippen molar-refractivity contribution in [3.05, 3.63) is 18.1 Å². The molecule has 2 fully saturated rings. The summed E-state index contributed by atoms with van der Waals surface area (Å²) in [6.07, 6.45) is 1.67. The van der Waals surface area contributed by atoms with Crippen LogP contribution in [0, 0.1) is 29.6 Å². The van der Waals surface area contributed by atoms with Crippen molar-refractivity contribution in [1.29, 1.82) is 0 Å². The summed E-state index contributed by atoms with van der Waals surface area (Å²) in [4.78, 5) is 36.2. The monoisotopic (exact) mass is 374 g/mol. The van der Waals surface area contributed by atoms with E-state index in [0.29, 0.717) is 24.1 Å². The van der Waals surface area contributed by atoms with Crippen LogP contribution < -0.4 is 5.32 Å². The van der Waals surface area contributed by atoms with Gasteiger partial charge in [-0.15, -0.1) is 0 Å². The number of nitrogens with one attached hydrogen (secondary N) is 1. The normalized spacial score (nSPS) is 26.9. The molecule has 1 amide bonds. The van der Waals surface area contributed by atoms with Crippen molar-refractivity contribution in [2.24, 2.45) is 22.7 Å². The predicted octanol–water partition coefficient (Wildman–Crippen LogP) is 2.27. The van der Waals surface area contributed by atoms with Crippen LogP contribution in [0.4, 0.5) is 5.82 Å². The molecular weight excluding hydrogens is 344 g/mol. The van der Waals surface area contributed by atoms with Crippen molar-refractivity contribution in [3.8, 4) is 0 Å². The van der Waals surface area contributed by atoms with Gasteiger partial charge in [-0.25, -0.2) is 14.8 Å². The number of ether oxygens (including phenoxy) is 1. The first-order valence-corrected chi connectivity index (χ1v) is 9.43. The molecule has 1 aliphatic carbocycles. The molecule has 1 N–H and O–H groups in total. The minimum Gasteiger partial charge on any atom is -0.467 e. The molecule has 0 spiro atoms. The molecule has 1 saturated heterocycles. The van der Waals surface area contributed by atoms with Crippen LogP contribution in [0.15, 0.2) is 12.3 Å². The number of aromatic nitrogens is 2. The molecule has 1 saturated carbocycles. The van der Waals surface area contributed by atoms with E-state index in [1.54, 1.807) is 17.2 Å². The first-order valence-electron chi connectivity index (χ1n) is 9.43. The van der Waals surface area contributed by atoms with Crippen molar-refractivity contribution < 1.29 is 14.3 Å². The van der Waals surface area contributed by atoms with Gasteiger partial charge in [0.15, 0.2) is 0 Å². The number of piperidine rings is 1. The average Bonchev–Trinajstić information content (AvgIpc) is 2.94. The maximum atomic E-state index is 13.5. The lowest BCUT2D eigenvalue weighted by Gasteiger charge is -2.37. The van der Waals surface area contributed by atoms with Gasteiger partial charge in [0, 0.05) is 18.7 Å². The van der Waals surface area contributed by atoms with Crippen LogP contribution in [0.5, 0.6) is 0 Å². The predicted molar refractivity (Wildman–Crippen MR) is 102 cm³/mol. The molecule has 7 heteroatoms. The summed E-state index contributed by atoms with van der Waals surface area (Å²) in [6.45, 7) is 12.7. The third-order valence-corrected chi connectivity index (χ3v) is 6.12. The average molecular weight is 374 g/mol. The van der Waals surface area contributed by atoms with Crippen molar-refractivity contribution >= 4 is 17.7 Å². The van der Waals surface area contributed by atoms with Crippen molar-refractivity contribution in [2.45, 2.75) is 53.6 Å². The summed E-state index contributed by atoms with van der Waals surface area (Å²) in [5, 5.41) is 3.27. The van der Waals surface area contributed by atoms with Crippen LogP contribution in [0.25, 0.3) is 0 Å². The van der Waals surface area contributed by atoms with E-state index in [0.717, 1.165) is 0 Å². The van der Waals surface area contributed by atoms with E-state index < -0.39 is 12.1 Å². The van der Waals surface area contributed by atoms with Gasteiger partial charge in [-0.3, -0.25) is 4.79 Å². The maximum Gasteiger partial charge on any atom is 0.328 e. The minimum atomic E-state index is -0.514. The molecule has 0 aromatic carbocycles. The van der Waals surface area contributed by atoms with Gasteiger partial charge in [-0.05, 0) is 29.7 Å². The molecule has 2 heterocycles. The largest absolute Gasteiger partial charge is 0.467 e. The molecule has 2 aliphatic rings. The Morgan fingerprint density at radius 3 is 2.59 bits per heavy atom. The Bertz CT molecular complexity index is 756. The molecule has 3 rings (SSSR count). The van der Waals surface area contributed by atoms with Crippen LogP contribution in [0.1, 0.15) is 40.4 Å². The second-order valence-electron chi connectivity index (χ2n) is 9.34. The molecule has 4 unspecified atom stereocenters. The molecule has 1 aliphatic heterocycles. The molecule has 0 bridgehead atoms. The highest BCUT2D eigenvalue weighted by Gasteiger charge is 2.70. The molecule has 1 aromatic heterocycles. The van der Waals surface area contributed by atoms with E-state index in [9.17, 15) is 9.59 Å². The van der Waals surface area contributed by atoms with Gasteiger partial charge in [0.25, 0.3) is 0 Å². The summed E-state index contributed by atoms with van der Waals surface area (Å²) < 4.78 is 5.03. The van der Waals surface area contributed by atoms with Crippen molar-refractivity contribution in [3.63, 3.8) is 0 Å². The Labute approximate surface area is 160 Å². The molecule has 4 atom stereocenters. The lowest BCUT2D eigenvalue weighted by Crippen LogP contribution is -2.54. The van der Waals surface area contributed by atoms with E-state index in [1.165, 1.54) is 7.11 Å². The number of nitrogens with zero attached hydrogens (tertiary/aromatic N) is 3. The smallest absolute Gasteiger partial charge is 0.328 e. The Kier molecular flexibility index (Phi) is 4.68. The highest BCUT2D eigenvalue weighted by Crippen LogP contribution is 2.65. The Hall–Kier alpha value is -2.18. The number of rotatable bonds is 4. The molecular formula is C20H30N4O3. The number of esters is 1. The number of amides is 1. The number of methoxy groups -OCH3 is 1. The lowest BCUT2D eigenvalue weighted by atomic mass is 9.85. The molecule has 148 valence electrons. The highest BCUT2D eigenvalue weighted by molar-refractivity contribution is 5.91. The Morgan fingerprint density at radius 1 is 1.37 bits per heavy atom. The fourth-order valence-electron chi connectivity index (χ4n) is 4.40. The molecule has 0 radical (unpaired) electrons. The van der Waals surface area contributed by atoms with Crippen LogP contribution in [0.2, 0.25) is 0 Å². The Morgan fingerprint density at radius 2 is 2.04 bits per heavy atom. The van der Waals surface area contributed by atoms with Gasteiger partial charge < -0.3 is 15.0 Å². The SMILES string of the molecule is COC(=O)C1C2C(CN1C(=O)C(Nc1ccnc(C)n1)C(C)(C)C)C2(C)C. The number of carbonyl (C=O) groups is 2. The van der Waals surface area contributed by atoms with E-state index in [4.69, 9.17) is 4.74 Å². The van der Waals surface area contributed by atoms with E-state index in [2.05, 4.69) is 29.1 Å². The topological polar surface area (TPSA) is 84.4 Å². The van der Waals surface area contributed by atoms with E-state index in [-0.39, 0.29) is 28.6 Å². The zero-order valence-corrected chi connectivity index (χ0v) is 17.2. The Balaban J connectivity index is 1.87. The molecule has 27 heavy (non-hydrogen) atoms. The van der Waals surface area contributed by atoms with Gasteiger partial charge >= 0.3 is 5.97 Å². The van der Waals surface area contributed by atoms with Crippen LogP contribution in [-0.2, 0) is 14.3 Å². The van der Waals surface area contributed by atoms with Gasteiger partial charge in [0.05, 0.1) is 7.11 Å². The summed E-state index contributed by atoms with van der Waals surface area (Å²) in [5.41, 5.74) is -0.289. The van der Waals surface area contributed by atoms with Crippen molar-refractivity contribution in [1.82, 2.24) is 14.9 Å². The highest BCUT2D eigenvalue weighted by atomic mass is 16.5. The number of carbonyl (C=O) groups excluding carboxylic acids is 2. The molecule has 7 nitrogen and oxygen atoms in total.